The molecule has 0 aliphatic carbocycles. The van der Waals surface area contributed by atoms with Crippen molar-refractivity contribution in [2.75, 3.05) is 14.1 Å². The number of nitrogens with zero attached hydrogens (tertiary/aromatic N) is 4. The SMILES string of the molecule is CCn1c(=O)n(C)c2cc(-c3[nH]c(C(=O)N(C)C)nc3-c3cccc(C)c3)ccc21. The molecule has 0 radical (unpaired) electrons. The monoisotopic (exact) mass is 403 g/mol. The highest BCUT2D eigenvalue weighted by Gasteiger charge is 2.20. The van der Waals surface area contributed by atoms with Gasteiger partial charge in [0.25, 0.3) is 5.91 Å². The zero-order valence-corrected chi connectivity index (χ0v) is 17.9. The number of amides is 1. The molecule has 2 aromatic heterocycles. The number of aryl methyl sites for hydroxylation is 3. The highest BCUT2D eigenvalue weighted by Crippen LogP contribution is 2.32. The summed E-state index contributed by atoms with van der Waals surface area (Å²) in [6.45, 7) is 4.59. The first-order chi connectivity index (χ1) is 14.3. The van der Waals surface area contributed by atoms with Crippen molar-refractivity contribution in [3.05, 3.63) is 64.3 Å². The lowest BCUT2D eigenvalue weighted by molar-refractivity contribution is 0.0817. The number of imidazole rings is 2. The van der Waals surface area contributed by atoms with E-state index in [1.54, 1.807) is 30.3 Å². The number of hydrogen-bond donors (Lipinski definition) is 1. The van der Waals surface area contributed by atoms with Crippen molar-refractivity contribution in [3.8, 4) is 22.5 Å². The largest absolute Gasteiger partial charge is 0.342 e. The van der Waals surface area contributed by atoms with Gasteiger partial charge in [0.2, 0.25) is 0 Å². The third-order valence-electron chi connectivity index (χ3n) is 5.35. The lowest BCUT2D eigenvalue weighted by atomic mass is 10.0. The highest BCUT2D eigenvalue weighted by atomic mass is 16.2. The topological polar surface area (TPSA) is 75.9 Å². The summed E-state index contributed by atoms with van der Waals surface area (Å²) in [5, 5.41) is 0. The Kier molecular flexibility index (Phi) is 4.81. The minimum atomic E-state index is -0.194. The fraction of sp³-hybridized carbons (Fsp3) is 0.261. The Balaban J connectivity index is 1.96. The Labute approximate surface area is 174 Å². The van der Waals surface area contributed by atoms with E-state index in [0.29, 0.717) is 12.2 Å². The number of H-pyrrole nitrogens is 1. The zero-order chi connectivity index (χ0) is 21.6. The fourth-order valence-corrected chi connectivity index (χ4v) is 3.77. The van der Waals surface area contributed by atoms with Crippen LogP contribution in [0.5, 0.6) is 0 Å². The maximum absolute atomic E-state index is 12.6. The molecule has 0 saturated heterocycles. The summed E-state index contributed by atoms with van der Waals surface area (Å²) in [7, 11) is 5.17. The predicted octanol–water partition coefficient (Wildman–Crippen LogP) is 3.43. The molecule has 2 aromatic carbocycles. The van der Waals surface area contributed by atoms with Crippen LogP contribution < -0.4 is 5.69 Å². The molecule has 1 N–H and O–H groups in total. The average molecular weight is 403 g/mol. The molecule has 0 aliphatic heterocycles. The molecule has 0 aliphatic rings. The van der Waals surface area contributed by atoms with Crippen molar-refractivity contribution in [1.29, 1.82) is 0 Å². The van der Waals surface area contributed by atoms with E-state index >= 15 is 0 Å². The van der Waals surface area contributed by atoms with Crippen LogP contribution >= 0.6 is 0 Å². The van der Waals surface area contributed by atoms with Crippen molar-refractivity contribution >= 4 is 16.9 Å². The molecular formula is C23H25N5O2. The highest BCUT2D eigenvalue weighted by molar-refractivity contribution is 5.94. The third kappa shape index (κ3) is 3.12. The van der Waals surface area contributed by atoms with Gasteiger partial charge in [0.15, 0.2) is 5.82 Å². The van der Waals surface area contributed by atoms with E-state index in [1.165, 1.54) is 4.90 Å². The molecule has 4 rings (SSSR count). The second-order valence-electron chi connectivity index (χ2n) is 7.67. The molecule has 7 nitrogen and oxygen atoms in total. The number of aromatic amines is 1. The number of carbonyl (C=O) groups excluding carboxylic acids is 1. The van der Waals surface area contributed by atoms with Gasteiger partial charge in [0.05, 0.1) is 22.4 Å². The summed E-state index contributed by atoms with van der Waals surface area (Å²) in [6.07, 6.45) is 0. The number of carbonyl (C=O) groups is 1. The van der Waals surface area contributed by atoms with E-state index < -0.39 is 0 Å². The van der Waals surface area contributed by atoms with Crippen LogP contribution in [0.3, 0.4) is 0 Å². The van der Waals surface area contributed by atoms with Gasteiger partial charge >= 0.3 is 5.69 Å². The number of aromatic nitrogens is 4. The van der Waals surface area contributed by atoms with Gasteiger partial charge in [-0.2, -0.15) is 0 Å². The van der Waals surface area contributed by atoms with Crippen LogP contribution in [0.1, 0.15) is 23.1 Å². The van der Waals surface area contributed by atoms with Crippen LogP contribution in [-0.2, 0) is 13.6 Å². The van der Waals surface area contributed by atoms with Crippen LogP contribution in [0.25, 0.3) is 33.5 Å². The quantitative estimate of drug-likeness (QED) is 0.567. The zero-order valence-electron chi connectivity index (χ0n) is 17.9. The van der Waals surface area contributed by atoms with Crippen LogP contribution in [-0.4, -0.2) is 44.0 Å². The third-order valence-corrected chi connectivity index (χ3v) is 5.35. The van der Waals surface area contributed by atoms with Crippen LogP contribution in [0, 0.1) is 6.92 Å². The summed E-state index contributed by atoms with van der Waals surface area (Å²) >= 11 is 0. The second kappa shape index (κ2) is 7.33. The lowest BCUT2D eigenvalue weighted by Crippen LogP contribution is -2.22. The second-order valence-corrected chi connectivity index (χ2v) is 7.67. The smallest absolute Gasteiger partial charge is 0.328 e. The standard InChI is InChI=1S/C23H25N5O2/c1-6-28-17-11-10-16(13-18(17)27(5)23(28)30)20-19(15-9-7-8-14(2)12-15)24-21(25-20)22(29)26(3)4/h7-13H,6H2,1-5H3,(H,24,25). The Morgan fingerprint density at radius 2 is 1.87 bits per heavy atom. The van der Waals surface area contributed by atoms with E-state index in [0.717, 1.165) is 33.4 Å². The van der Waals surface area contributed by atoms with E-state index in [9.17, 15) is 9.59 Å². The maximum Gasteiger partial charge on any atom is 0.328 e. The Hall–Kier alpha value is -3.61. The van der Waals surface area contributed by atoms with Crippen LogP contribution in [0.15, 0.2) is 47.3 Å². The molecule has 30 heavy (non-hydrogen) atoms. The normalized spacial score (nSPS) is 11.2. The van der Waals surface area contributed by atoms with E-state index in [4.69, 9.17) is 0 Å². The van der Waals surface area contributed by atoms with Crippen molar-refractivity contribution in [1.82, 2.24) is 24.0 Å². The molecule has 0 unspecified atom stereocenters. The van der Waals surface area contributed by atoms with Gasteiger partial charge in [-0.3, -0.25) is 13.9 Å². The van der Waals surface area contributed by atoms with E-state index in [1.807, 2.05) is 56.3 Å². The van der Waals surface area contributed by atoms with Crippen molar-refractivity contribution in [3.63, 3.8) is 0 Å². The van der Waals surface area contributed by atoms with Gasteiger partial charge in [0, 0.05) is 38.8 Å². The molecule has 0 atom stereocenters. The summed E-state index contributed by atoms with van der Waals surface area (Å²) in [5.41, 5.74) is 6.05. The fourth-order valence-electron chi connectivity index (χ4n) is 3.77. The first-order valence-corrected chi connectivity index (χ1v) is 9.90. The maximum atomic E-state index is 12.6. The lowest BCUT2D eigenvalue weighted by Gasteiger charge is -2.06. The average Bonchev–Trinajstić information content (AvgIpc) is 3.27. The number of hydrogen-bond acceptors (Lipinski definition) is 3. The minimum absolute atomic E-state index is 0.0448. The molecule has 0 bridgehead atoms. The number of fused-ring (bicyclic) bond motifs is 1. The van der Waals surface area contributed by atoms with Crippen molar-refractivity contribution in [2.24, 2.45) is 7.05 Å². The molecule has 0 spiro atoms. The number of rotatable bonds is 4. The number of benzene rings is 2. The predicted molar refractivity (Wildman–Crippen MR) is 119 cm³/mol. The molecule has 0 saturated carbocycles. The van der Waals surface area contributed by atoms with Gasteiger partial charge in [-0.05, 0) is 32.0 Å². The molecule has 2 heterocycles. The summed E-state index contributed by atoms with van der Waals surface area (Å²) in [5.74, 6) is 0.0902. The summed E-state index contributed by atoms with van der Waals surface area (Å²) < 4.78 is 3.39. The summed E-state index contributed by atoms with van der Waals surface area (Å²) in [6, 6.07) is 13.9. The van der Waals surface area contributed by atoms with Crippen LogP contribution in [0.2, 0.25) is 0 Å². The molecule has 4 aromatic rings. The van der Waals surface area contributed by atoms with E-state index in [2.05, 4.69) is 9.97 Å². The van der Waals surface area contributed by atoms with Crippen LogP contribution in [0.4, 0.5) is 0 Å². The minimum Gasteiger partial charge on any atom is -0.342 e. The van der Waals surface area contributed by atoms with Crippen molar-refractivity contribution in [2.45, 2.75) is 20.4 Å². The Morgan fingerprint density at radius 3 is 2.53 bits per heavy atom. The van der Waals surface area contributed by atoms with Gasteiger partial charge in [-0.1, -0.05) is 29.8 Å². The van der Waals surface area contributed by atoms with Gasteiger partial charge < -0.3 is 9.88 Å². The van der Waals surface area contributed by atoms with Gasteiger partial charge in [0.1, 0.15) is 0 Å². The van der Waals surface area contributed by atoms with Crippen molar-refractivity contribution < 1.29 is 4.79 Å². The molecular weight excluding hydrogens is 378 g/mol. The summed E-state index contributed by atoms with van der Waals surface area (Å²) in [4.78, 5) is 34.5. The Morgan fingerprint density at radius 1 is 1.10 bits per heavy atom. The van der Waals surface area contributed by atoms with Gasteiger partial charge in [-0.25, -0.2) is 9.78 Å². The number of nitrogens with one attached hydrogen (secondary N) is 1. The van der Waals surface area contributed by atoms with E-state index in [-0.39, 0.29) is 17.4 Å². The Bertz CT molecular complexity index is 1320. The molecule has 0 fully saturated rings. The molecule has 1 amide bonds. The first-order valence-electron chi connectivity index (χ1n) is 9.90. The van der Waals surface area contributed by atoms with Gasteiger partial charge in [-0.15, -0.1) is 0 Å². The molecule has 154 valence electrons. The molecule has 7 heteroatoms. The first kappa shape index (κ1) is 19.7.